The molecule has 1 aliphatic rings. The van der Waals surface area contributed by atoms with Crippen molar-refractivity contribution in [1.29, 1.82) is 0 Å². The van der Waals surface area contributed by atoms with Gasteiger partial charge in [-0.05, 0) is 18.2 Å². The molecule has 1 atom stereocenters. The van der Waals surface area contributed by atoms with Crippen molar-refractivity contribution in [1.82, 2.24) is 25.2 Å². The molecular formula is C18H16F2N6O4. The van der Waals surface area contributed by atoms with E-state index in [2.05, 4.69) is 20.6 Å². The Balaban J connectivity index is 1.51. The molecule has 1 aliphatic heterocycles. The molecular weight excluding hydrogens is 402 g/mol. The Morgan fingerprint density at radius 2 is 2.23 bits per heavy atom. The summed E-state index contributed by atoms with van der Waals surface area (Å²) in [4.78, 5) is 28.2. The van der Waals surface area contributed by atoms with Crippen molar-refractivity contribution in [2.24, 2.45) is 0 Å². The van der Waals surface area contributed by atoms with Gasteiger partial charge < -0.3 is 14.6 Å². The highest BCUT2D eigenvalue weighted by Crippen LogP contribution is 2.26. The molecule has 0 spiro atoms. The Labute approximate surface area is 168 Å². The zero-order valence-corrected chi connectivity index (χ0v) is 15.7. The van der Waals surface area contributed by atoms with Crippen LogP contribution in [0.1, 0.15) is 12.8 Å². The van der Waals surface area contributed by atoms with E-state index >= 15 is 0 Å². The van der Waals surface area contributed by atoms with Crippen LogP contribution in [-0.2, 0) is 16.2 Å². The van der Waals surface area contributed by atoms with E-state index in [0.717, 1.165) is 0 Å². The minimum absolute atomic E-state index is 0.126. The van der Waals surface area contributed by atoms with Gasteiger partial charge in [-0.15, -0.1) is 0 Å². The zero-order valence-electron chi connectivity index (χ0n) is 15.7. The average molecular weight is 418 g/mol. The summed E-state index contributed by atoms with van der Waals surface area (Å²) in [6.07, 6.45) is 1.71. The number of ether oxygens (including phenoxy) is 1. The molecule has 1 N–H and O–H groups in total. The van der Waals surface area contributed by atoms with Crippen molar-refractivity contribution in [2.45, 2.75) is 19.7 Å². The van der Waals surface area contributed by atoms with E-state index in [0.29, 0.717) is 11.3 Å². The second-order valence-corrected chi connectivity index (χ2v) is 6.51. The molecule has 0 unspecified atom stereocenters. The Morgan fingerprint density at radius 3 is 2.93 bits per heavy atom. The predicted octanol–water partition coefficient (Wildman–Crippen LogP) is 1.99. The highest BCUT2D eigenvalue weighted by atomic mass is 19.1. The van der Waals surface area contributed by atoms with Gasteiger partial charge in [-0.1, -0.05) is 5.16 Å². The summed E-state index contributed by atoms with van der Waals surface area (Å²) in [6, 6.07) is 4.20. The lowest BCUT2D eigenvalue weighted by Gasteiger charge is -2.14. The number of nitrogens with zero attached hydrogens (tertiary/aromatic N) is 5. The van der Waals surface area contributed by atoms with Crippen molar-refractivity contribution in [3.8, 4) is 17.1 Å². The van der Waals surface area contributed by atoms with E-state index in [4.69, 9.17) is 9.26 Å². The summed E-state index contributed by atoms with van der Waals surface area (Å²) >= 11 is 0. The summed E-state index contributed by atoms with van der Waals surface area (Å²) in [6.45, 7) is 0.830. The SMILES string of the molecule is CC(=O)NC[C@H]1CN(c2ccc(-n3cc(-c4noc(CF)n4)cn3)c(F)c2)C(=O)O1. The van der Waals surface area contributed by atoms with Gasteiger partial charge in [-0.3, -0.25) is 9.69 Å². The molecule has 2 aromatic heterocycles. The maximum atomic E-state index is 14.7. The van der Waals surface area contributed by atoms with Crippen LogP contribution in [0.25, 0.3) is 17.1 Å². The van der Waals surface area contributed by atoms with E-state index in [9.17, 15) is 18.4 Å². The lowest BCUT2D eigenvalue weighted by atomic mass is 10.2. The largest absolute Gasteiger partial charge is 0.442 e. The number of aromatic nitrogens is 4. The number of carbonyl (C=O) groups excluding carboxylic acids is 2. The van der Waals surface area contributed by atoms with Crippen LogP contribution in [0.2, 0.25) is 0 Å². The number of rotatable bonds is 6. The number of anilines is 1. The van der Waals surface area contributed by atoms with Crippen molar-refractivity contribution in [2.75, 3.05) is 18.0 Å². The second-order valence-electron chi connectivity index (χ2n) is 6.51. The molecule has 0 radical (unpaired) electrons. The molecule has 156 valence electrons. The van der Waals surface area contributed by atoms with Crippen molar-refractivity contribution in [3.05, 3.63) is 42.3 Å². The third-order valence-corrected chi connectivity index (χ3v) is 4.37. The number of alkyl halides is 1. The first-order valence-electron chi connectivity index (χ1n) is 8.90. The van der Waals surface area contributed by atoms with Crippen molar-refractivity contribution >= 4 is 17.7 Å². The quantitative estimate of drug-likeness (QED) is 0.651. The van der Waals surface area contributed by atoms with Gasteiger partial charge in [0, 0.05) is 13.1 Å². The lowest BCUT2D eigenvalue weighted by Crippen LogP contribution is -2.33. The first kappa shape index (κ1) is 19.5. The van der Waals surface area contributed by atoms with Gasteiger partial charge in [-0.25, -0.2) is 18.3 Å². The Bertz CT molecular complexity index is 1100. The fourth-order valence-electron chi connectivity index (χ4n) is 2.94. The van der Waals surface area contributed by atoms with Gasteiger partial charge in [0.2, 0.25) is 11.7 Å². The van der Waals surface area contributed by atoms with Crippen LogP contribution >= 0.6 is 0 Å². The fourth-order valence-corrected chi connectivity index (χ4v) is 2.94. The molecule has 1 aromatic carbocycles. The van der Waals surface area contributed by atoms with Crippen molar-refractivity contribution < 1.29 is 27.6 Å². The highest BCUT2D eigenvalue weighted by molar-refractivity contribution is 5.90. The molecule has 0 saturated carbocycles. The molecule has 4 rings (SSSR count). The average Bonchev–Trinajstić information content (AvgIpc) is 3.45. The predicted molar refractivity (Wildman–Crippen MR) is 97.9 cm³/mol. The van der Waals surface area contributed by atoms with Crippen LogP contribution in [0.5, 0.6) is 0 Å². The molecule has 3 heterocycles. The standard InChI is InChI=1S/C18H16F2N6O4/c1-10(27)21-7-13-9-25(18(28)29-13)12-2-3-15(14(20)4-12)26-8-11(6-22-26)17-23-16(5-19)30-24-17/h2-4,6,8,13H,5,7,9H2,1H3,(H,21,27)/t13-/m0/s1. The molecule has 30 heavy (non-hydrogen) atoms. The number of nitrogens with one attached hydrogen (secondary N) is 1. The molecule has 2 amide bonds. The summed E-state index contributed by atoms with van der Waals surface area (Å²) in [7, 11) is 0. The first-order chi connectivity index (χ1) is 14.4. The van der Waals surface area contributed by atoms with Crippen LogP contribution < -0.4 is 10.2 Å². The number of hydrogen-bond acceptors (Lipinski definition) is 7. The van der Waals surface area contributed by atoms with Gasteiger partial charge in [0.1, 0.15) is 11.8 Å². The summed E-state index contributed by atoms with van der Waals surface area (Å²) in [5.41, 5.74) is 0.858. The maximum Gasteiger partial charge on any atom is 0.414 e. The van der Waals surface area contributed by atoms with Crippen LogP contribution in [0.15, 0.2) is 35.1 Å². The number of halogens is 2. The summed E-state index contributed by atoms with van der Waals surface area (Å²) in [5, 5.41) is 10.3. The minimum Gasteiger partial charge on any atom is -0.442 e. The molecule has 1 saturated heterocycles. The van der Waals surface area contributed by atoms with Crippen LogP contribution in [0, 0.1) is 5.82 Å². The lowest BCUT2D eigenvalue weighted by molar-refractivity contribution is -0.119. The number of amides is 2. The minimum atomic E-state index is -0.887. The van der Waals surface area contributed by atoms with Crippen LogP contribution in [-0.4, -0.2) is 51.1 Å². The summed E-state index contributed by atoms with van der Waals surface area (Å²) < 4.78 is 38.4. The van der Waals surface area contributed by atoms with Gasteiger partial charge in [0.25, 0.3) is 5.89 Å². The van der Waals surface area contributed by atoms with E-state index in [-0.39, 0.29) is 36.4 Å². The third-order valence-electron chi connectivity index (χ3n) is 4.37. The molecule has 1 fully saturated rings. The van der Waals surface area contributed by atoms with Crippen LogP contribution in [0.3, 0.4) is 0 Å². The van der Waals surface area contributed by atoms with Gasteiger partial charge in [-0.2, -0.15) is 10.1 Å². The van der Waals surface area contributed by atoms with Crippen molar-refractivity contribution in [3.63, 3.8) is 0 Å². The Morgan fingerprint density at radius 1 is 1.40 bits per heavy atom. The Hall–Kier alpha value is -3.83. The number of carbonyl (C=O) groups is 2. The third kappa shape index (κ3) is 3.83. The smallest absolute Gasteiger partial charge is 0.414 e. The molecule has 3 aromatic rings. The molecule has 10 nitrogen and oxygen atoms in total. The normalized spacial score (nSPS) is 16.0. The Kier molecular flexibility index (Phi) is 5.12. The molecule has 0 aliphatic carbocycles. The maximum absolute atomic E-state index is 14.7. The molecule has 12 heteroatoms. The van der Waals surface area contributed by atoms with Crippen LogP contribution in [0.4, 0.5) is 19.3 Å². The molecule has 0 bridgehead atoms. The van der Waals surface area contributed by atoms with E-state index < -0.39 is 24.7 Å². The zero-order chi connectivity index (χ0) is 21.3. The number of cyclic esters (lactones) is 1. The van der Waals surface area contributed by atoms with E-state index in [1.807, 2.05) is 0 Å². The van der Waals surface area contributed by atoms with E-state index in [1.54, 1.807) is 6.07 Å². The van der Waals surface area contributed by atoms with Gasteiger partial charge in [0.15, 0.2) is 12.5 Å². The highest BCUT2D eigenvalue weighted by Gasteiger charge is 2.32. The first-order valence-corrected chi connectivity index (χ1v) is 8.90. The number of hydrogen-bond donors (Lipinski definition) is 1. The van der Waals surface area contributed by atoms with Gasteiger partial charge >= 0.3 is 6.09 Å². The fraction of sp³-hybridized carbons (Fsp3) is 0.278. The summed E-state index contributed by atoms with van der Waals surface area (Å²) in [5.74, 6) is -0.892. The topological polar surface area (TPSA) is 115 Å². The van der Waals surface area contributed by atoms with Gasteiger partial charge in [0.05, 0.1) is 30.5 Å². The second kappa shape index (κ2) is 7.89. The van der Waals surface area contributed by atoms with E-state index in [1.165, 1.54) is 41.0 Å². The monoisotopic (exact) mass is 418 g/mol. The number of benzene rings is 1.